The summed E-state index contributed by atoms with van der Waals surface area (Å²) in [5, 5.41) is 14.1. The highest BCUT2D eigenvalue weighted by Crippen LogP contribution is 2.23. The molecule has 156 valence electrons. The smallest absolute Gasteiger partial charge is 0.244 e. The Labute approximate surface area is 174 Å². The minimum atomic E-state index is -0.415. The fraction of sp³-hybridized carbons (Fsp3) is 0.368. The number of hydrogen-bond donors (Lipinski definition) is 4. The first-order valence-electron chi connectivity index (χ1n) is 9.22. The highest BCUT2D eigenvalue weighted by Gasteiger charge is 2.19. The van der Waals surface area contributed by atoms with Crippen LogP contribution in [0.3, 0.4) is 0 Å². The maximum absolute atomic E-state index is 12.1. The van der Waals surface area contributed by atoms with Crippen LogP contribution in [-0.4, -0.2) is 43.5 Å². The Hall–Kier alpha value is -2.75. The third-order valence-electron chi connectivity index (χ3n) is 4.50. The molecule has 0 bridgehead atoms. The highest BCUT2D eigenvalue weighted by molar-refractivity contribution is 6.30. The van der Waals surface area contributed by atoms with Crippen molar-refractivity contribution in [2.45, 2.75) is 37.8 Å². The lowest BCUT2D eigenvalue weighted by molar-refractivity contribution is -0.124. The molecule has 1 aliphatic carbocycles. The summed E-state index contributed by atoms with van der Waals surface area (Å²) in [6, 6.07) is 5.32. The molecule has 1 fully saturated rings. The van der Waals surface area contributed by atoms with Crippen molar-refractivity contribution in [1.29, 1.82) is 0 Å². The van der Waals surface area contributed by atoms with Gasteiger partial charge in [-0.05, 0) is 50.0 Å². The van der Waals surface area contributed by atoms with Gasteiger partial charge in [-0.2, -0.15) is 5.10 Å². The second-order valence-electron chi connectivity index (χ2n) is 6.71. The quantitative estimate of drug-likeness (QED) is 0.165. The summed E-state index contributed by atoms with van der Waals surface area (Å²) in [7, 11) is 0. The molecule has 0 atom stereocenters. The molecule has 29 heavy (non-hydrogen) atoms. The molecule has 0 spiro atoms. The van der Waals surface area contributed by atoms with E-state index in [4.69, 9.17) is 23.2 Å². The molecule has 1 aromatic carbocycles. The number of benzene rings is 1. The number of anilines is 1. The molecule has 1 aliphatic rings. The summed E-state index contributed by atoms with van der Waals surface area (Å²) >= 11 is 6.03. The molecule has 1 saturated carbocycles. The van der Waals surface area contributed by atoms with Crippen LogP contribution in [0.2, 0.25) is 5.02 Å². The molecule has 6 N–H and O–H groups in total. The van der Waals surface area contributed by atoms with Crippen molar-refractivity contribution in [3.05, 3.63) is 34.9 Å². The Morgan fingerprint density at radius 2 is 2.03 bits per heavy atom. The van der Waals surface area contributed by atoms with Crippen LogP contribution in [0, 0.1) is 0 Å². The first-order valence-corrected chi connectivity index (χ1v) is 9.60. The number of carbonyl (C=O) groups is 2. The maximum atomic E-state index is 12.1. The Morgan fingerprint density at radius 3 is 2.72 bits per heavy atom. The number of amides is 2. The third kappa shape index (κ3) is 7.65. The minimum absolute atomic E-state index is 0.102. The zero-order valence-corrected chi connectivity index (χ0v) is 16.8. The average Bonchev–Trinajstić information content (AvgIpc) is 2.70. The topological polar surface area (TPSA) is 138 Å². The van der Waals surface area contributed by atoms with E-state index < -0.39 is 5.91 Å². The molecule has 9 nitrogen and oxygen atoms in total. The van der Waals surface area contributed by atoms with Gasteiger partial charge in [-0.25, -0.2) is 5.84 Å². The molecule has 0 aromatic heterocycles. The molecule has 0 aliphatic heterocycles. The van der Waals surface area contributed by atoms with Crippen molar-refractivity contribution < 1.29 is 9.59 Å². The zero-order valence-electron chi connectivity index (χ0n) is 16.1. The predicted octanol–water partition coefficient (Wildman–Crippen LogP) is 1.18. The maximum Gasteiger partial charge on any atom is 0.244 e. The van der Waals surface area contributed by atoms with E-state index in [2.05, 4.69) is 27.6 Å². The summed E-state index contributed by atoms with van der Waals surface area (Å²) in [4.78, 5) is 24.1. The number of nitrogens with one attached hydrogen (secondary N) is 2. The van der Waals surface area contributed by atoms with Crippen LogP contribution in [0.25, 0.3) is 6.08 Å². The van der Waals surface area contributed by atoms with Crippen LogP contribution in [0.4, 0.5) is 5.69 Å². The molecule has 2 rings (SSSR count). The van der Waals surface area contributed by atoms with E-state index in [0.29, 0.717) is 16.3 Å². The largest absolute Gasteiger partial charge is 0.352 e. The van der Waals surface area contributed by atoms with Gasteiger partial charge in [0, 0.05) is 35.5 Å². The third-order valence-corrected chi connectivity index (χ3v) is 4.73. The summed E-state index contributed by atoms with van der Waals surface area (Å²) in [5.74, 6) is 5.25. The van der Waals surface area contributed by atoms with E-state index in [1.165, 1.54) is 17.4 Å². The predicted molar refractivity (Wildman–Crippen MR) is 117 cm³/mol. The van der Waals surface area contributed by atoms with E-state index in [9.17, 15) is 9.59 Å². The van der Waals surface area contributed by atoms with Gasteiger partial charge in [-0.15, -0.1) is 5.10 Å². The number of carbonyl (C=O) groups excluding carboxylic acids is 2. The number of nitrogens with zero attached hydrogens (tertiary/aromatic N) is 3. The summed E-state index contributed by atoms with van der Waals surface area (Å²) < 4.78 is 0. The van der Waals surface area contributed by atoms with Gasteiger partial charge in [0.15, 0.2) is 0 Å². The van der Waals surface area contributed by atoms with Crippen molar-refractivity contribution in [2.24, 2.45) is 21.8 Å². The number of hydrogen-bond acceptors (Lipinski definition) is 6. The SMILES string of the molecule is C=N/N=C\N(N)c1ccc(Cl)cc1/C=C/C(=O)NCC(=O)N[C@H]1CC[C@@H](N)CC1. The van der Waals surface area contributed by atoms with Gasteiger partial charge >= 0.3 is 0 Å². The van der Waals surface area contributed by atoms with Gasteiger partial charge in [-0.1, -0.05) is 11.6 Å². The van der Waals surface area contributed by atoms with Crippen LogP contribution in [-0.2, 0) is 9.59 Å². The van der Waals surface area contributed by atoms with Crippen LogP contribution in [0.1, 0.15) is 31.2 Å². The second kappa shape index (κ2) is 11.3. The number of halogens is 1. The van der Waals surface area contributed by atoms with Gasteiger partial charge in [0.25, 0.3) is 0 Å². The van der Waals surface area contributed by atoms with Crippen LogP contribution >= 0.6 is 11.6 Å². The van der Waals surface area contributed by atoms with Crippen molar-refractivity contribution in [1.82, 2.24) is 10.6 Å². The molecule has 0 unspecified atom stereocenters. The lowest BCUT2D eigenvalue weighted by Gasteiger charge is -2.26. The van der Waals surface area contributed by atoms with E-state index >= 15 is 0 Å². The average molecular weight is 420 g/mol. The number of nitrogens with two attached hydrogens (primary N) is 2. The van der Waals surface area contributed by atoms with Crippen LogP contribution < -0.4 is 27.2 Å². The number of rotatable bonds is 8. The molecular weight excluding hydrogens is 394 g/mol. The summed E-state index contributed by atoms with van der Waals surface area (Å²) in [6.45, 7) is 3.14. The monoisotopic (exact) mass is 419 g/mol. The van der Waals surface area contributed by atoms with E-state index in [1.807, 2.05) is 0 Å². The zero-order chi connectivity index (χ0) is 21.2. The Balaban J connectivity index is 1.89. The first kappa shape index (κ1) is 22.5. The molecule has 0 radical (unpaired) electrons. The summed E-state index contributed by atoms with van der Waals surface area (Å²) in [6.07, 6.45) is 7.64. The first-order chi connectivity index (χ1) is 13.9. The van der Waals surface area contributed by atoms with Crippen molar-refractivity contribution in [3.8, 4) is 0 Å². The lowest BCUT2D eigenvalue weighted by Crippen LogP contribution is -2.44. The highest BCUT2D eigenvalue weighted by atomic mass is 35.5. The van der Waals surface area contributed by atoms with E-state index in [-0.39, 0.29) is 24.5 Å². The fourth-order valence-corrected chi connectivity index (χ4v) is 3.16. The Kier molecular flexibility index (Phi) is 8.78. The standard InChI is InChI=1S/C19H26ClN7O2/c1-23-25-12-27(22)17-8-3-14(20)10-13(17)2-9-18(28)24-11-19(29)26-16-6-4-15(21)5-7-16/h2-3,8-10,12,15-16H,1,4-7,11,21-22H2,(H,24,28)(H,26,29)/b9-2+,25-12-/t15-,16+. The van der Waals surface area contributed by atoms with Crippen molar-refractivity contribution >= 4 is 48.2 Å². The van der Waals surface area contributed by atoms with E-state index in [0.717, 1.165) is 25.7 Å². The normalized spacial score (nSPS) is 19.3. The van der Waals surface area contributed by atoms with Crippen LogP contribution in [0.15, 0.2) is 34.5 Å². The number of hydrazine groups is 1. The van der Waals surface area contributed by atoms with Crippen molar-refractivity contribution in [3.63, 3.8) is 0 Å². The fourth-order valence-electron chi connectivity index (χ4n) is 2.98. The van der Waals surface area contributed by atoms with Gasteiger partial charge in [0.05, 0.1) is 12.2 Å². The van der Waals surface area contributed by atoms with Gasteiger partial charge < -0.3 is 16.4 Å². The molecule has 2 amide bonds. The van der Waals surface area contributed by atoms with Crippen molar-refractivity contribution in [2.75, 3.05) is 11.6 Å². The lowest BCUT2D eigenvalue weighted by atomic mass is 9.92. The molecule has 10 heteroatoms. The molecule has 0 saturated heterocycles. The Bertz CT molecular complexity index is 789. The minimum Gasteiger partial charge on any atom is -0.352 e. The van der Waals surface area contributed by atoms with Crippen LogP contribution in [0.5, 0.6) is 0 Å². The molecule has 1 aromatic rings. The van der Waals surface area contributed by atoms with Gasteiger partial charge in [-0.3, -0.25) is 14.6 Å². The second-order valence-corrected chi connectivity index (χ2v) is 7.15. The van der Waals surface area contributed by atoms with Gasteiger partial charge in [0.2, 0.25) is 11.8 Å². The Morgan fingerprint density at radius 1 is 1.31 bits per heavy atom. The van der Waals surface area contributed by atoms with Gasteiger partial charge in [0.1, 0.15) is 6.34 Å². The van der Waals surface area contributed by atoms with E-state index in [1.54, 1.807) is 24.3 Å². The molecule has 0 heterocycles. The summed E-state index contributed by atoms with van der Waals surface area (Å²) in [5.41, 5.74) is 7.00. The molecular formula is C19H26ClN7O2.